The fourth-order valence-electron chi connectivity index (χ4n) is 1.87. The molecule has 0 fully saturated rings. The lowest BCUT2D eigenvalue weighted by molar-refractivity contribution is -0.136. The van der Waals surface area contributed by atoms with Gasteiger partial charge < -0.3 is 4.74 Å². The molecule has 0 aliphatic carbocycles. The molecule has 3 nitrogen and oxygen atoms in total. The summed E-state index contributed by atoms with van der Waals surface area (Å²) in [6, 6.07) is 9.30. The van der Waals surface area contributed by atoms with Crippen molar-refractivity contribution in [1.82, 2.24) is 0 Å². The average Bonchev–Trinajstić information content (AvgIpc) is 2.42. The third-order valence-corrected chi connectivity index (χ3v) is 5.23. The van der Waals surface area contributed by atoms with Crippen LogP contribution < -0.4 is 0 Å². The van der Waals surface area contributed by atoms with Crippen molar-refractivity contribution in [3.8, 4) is 0 Å². The van der Waals surface area contributed by atoms with E-state index in [4.69, 9.17) is 0 Å². The highest BCUT2D eigenvalue weighted by atomic mass is 32.2. The first-order valence-corrected chi connectivity index (χ1v) is 7.70. The number of hydrogen-bond acceptors (Lipinski definition) is 3. The average molecular weight is 294 g/mol. The molecule has 0 spiro atoms. The standard InChI is InChI=1S/C16H22O3S/c1-12(15(17)19-5)11-14(16(2,3)4)20(18)13-9-7-6-8-10-13/h6-10,14H,1,11H2,2-5H3/t14-,20?/m0/s1. The van der Waals surface area contributed by atoms with Crippen LogP contribution in [-0.2, 0) is 20.3 Å². The monoisotopic (exact) mass is 294 g/mol. The fraction of sp³-hybridized carbons (Fsp3) is 0.438. The van der Waals surface area contributed by atoms with Gasteiger partial charge in [0.05, 0.1) is 17.9 Å². The molecule has 0 heterocycles. The number of benzene rings is 1. The van der Waals surface area contributed by atoms with Gasteiger partial charge in [-0.05, 0) is 24.0 Å². The normalized spacial score (nSPS) is 14.4. The molecule has 0 saturated heterocycles. The topological polar surface area (TPSA) is 43.4 Å². The first-order valence-electron chi connectivity index (χ1n) is 6.49. The molecular formula is C16H22O3S. The molecule has 110 valence electrons. The first kappa shape index (κ1) is 16.6. The maximum absolute atomic E-state index is 12.8. The van der Waals surface area contributed by atoms with Crippen LogP contribution in [0.4, 0.5) is 0 Å². The van der Waals surface area contributed by atoms with Gasteiger partial charge in [0, 0.05) is 15.7 Å². The summed E-state index contributed by atoms with van der Waals surface area (Å²) in [5, 5.41) is -0.198. The molecule has 0 radical (unpaired) electrons. The van der Waals surface area contributed by atoms with Gasteiger partial charge >= 0.3 is 5.97 Å². The minimum atomic E-state index is -1.20. The first-order chi connectivity index (χ1) is 9.27. The van der Waals surface area contributed by atoms with E-state index < -0.39 is 16.8 Å². The Morgan fingerprint density at radius 3 is 2.30 bits per heavy atom. The number of carbonyl (C=O) groups is 1. The van der Waals surface area contributed by atoms with Crippen LogP contribution in [0.1, 0.15) is 27.2 Å². The van der Waals surface area contributed by atoms with Crippen LogP contribution in [0.3, 0.4) is 0 Å². The van der Waals surface area contributed by atoms with E-state index in [9.17, 15) is 9.00 Å². The summed E-state index contributed by atoms with van der Waals surface area (Å²) in [7, 11) is 0.129. The van der Waals surface area contributed by atoms with Gasteiger partial charge in [-0.3, -0.25) is 4.21 Å². The van der Waals surface area contributed by atoms with Crippen molar-refractivity contribution in [3.05, 3.63) is 42.5 Å². The molecular weight excluding hydrogens is 272 g/mol. The van der Waals surface area contributed by atoms with Crippen molar-refractivity contribution in [2.45, 2.75) is 37.3 Å². The van der Waals surface area contributed by atoms with Gasteiger partial charge in [0.25, 0.3) is 0 Å². The van der Waals surface area contributed by atoms with Crippen molar-refractivity contribution in [2.75, 3.05) is 7.11 Å². The van der Waals surface area contributed by atoms with Gasteiger partial charge in [-0.2, -0.15) is 0 Å². The van der Waals surface area contributed by atoms with Crippen molar-refractivity contribution < 1.29 is 13.7 Å². The van der Waals surface area contributed by atoms with Crippen LogP contribution in [-0.4, -0.2) is 22.5 Å². The van der Waals surface area contributed by atoms with E-state index in [0.29, 0.717) is 12.0 Å². The molecule has 1 unspecified atom stereocenters. The summed E-state index contributed by atoms with van der Waals surface area (Å²) in [4.78, 5) is 12.3. The Morgan fingerprint density at radius 1 is 1.30 bits per heavy atom. The molecule has 1 aromatic carbocycles. The predicted octanol–water partition coefficient (Wildman–Crippen LogP) is 3.33. The van der Waals surface area contributed by atoms with Crippen LogP contribution in [0.15, 0.2) is 47.4 Å². The Kier molecular flexibility index (Phi) is 5.69. The predicted molar refractivity (Wildman–Crippen MR) is 81.9 cm³/mol. The molecule has 1 aromatic rings. The Morgan fingerprint density at radius 2 is 1.85 bits per heavy atom. The number of hydrogen-bond donors (Lipinski definition) is 0. The molecule has 2 atom stereocenters. The summed E-state index contributed by atoms with van der Waals surface area (Å²) < 4.78 is 17.4. The van der Waals surface area contributed by atoms with Crippen LogP contribution in [0.5, 0.6) is 0 Å². The molecule has 20 heavy (non-hydrogen) atoms. The van der Waals surface area contributed by atoms with E-state index in [0.717, 1.165) is 4.90 Å². The summed E-state index contributed by atoms with van der Waals surface area (Å²) in [6.07, 6.45) is 0.359. The Labute approximate surface area is 123 Å². The lowest BCUT2D eigenvalue weighted by atomic mass is 9.88. The molecule has 0 saturated carbocycles. The second-order valence-electron chi connectivity index (χ2n) is 5.76. The van der Waals surface area contributed by atoms with E-state index in [1.165, 1.54) is 7.11 Å². The van der Waals surface area contributed by atoms with Crippen LogP contribution in [0, 0.1) is 5.41 Å². The van der Waals surface area contributed by atoms with Gasteiger partial charge in [0.1, 0.15) is 0 Å². The lowest BCUT2D eigenvalue weighted by Gasteiger charge is -2.30. The highest BCUT2D eigenvalue weighted by Gasteiger charge is 2.32. The quantitative estimate of drug-likeness (QED) is 0.618. The van der Waals surface area contributed by atoms with Gasteiger partial charge in [-0.25, -0.2) is 4.79 Å². The van der Waals surface area contributed by atoms with Crippen molar-refractivity contribution in [1.29, 1.82) is 0 Å². The Hall–Kier alpha value is -1.42. The highest BCUT2D eigenvalue weighted by Crippen LogP contribution is 2.32. The highest BCUT2D eigenvalue weighted by molar-refractivity contribution is 7.85. The molecule has 0 amide bonds. The maximum Gasteiger partial charge on any atom is 0.333 e. The molecule has 0 N–H and O–H groups in total. The van der Waals surface area contributed by atoms with Crippen LogP contribution >= 0.6 is 0 Å². The molecule has 0 aliphatic rings. The van der Waals surface area contributed by atoms with Crippen LogP contribution in [0.25, 0.3) is 0 Å². The second kappa shape index (κ2) is 6.84. The zero-order chi connectivity index (χ0) is 15.3. The maximum atomic E-state index is 12.8. The van der Waals surface area contributed by atoms with Crippen molar-refractivity contribution in [2.24, 2.45) is 5.41 Å². The third-order valence-electron chi connectivity index (χ3n) is 3.11. The number of rotatable bonds is 5. The number of esters is 1. The summed E-state index contributed by atoms with van der Waals surface area (Å²) >= 11 is 0. The Bertz CT molecular complexity index is 500. The summed E-state index contributed by atoms with van der Waals surface area (Å²) in [6.45, 7) is 9.80. The van der Waals surface area contributed by atoms with E-state index in [1.54, 1.807) is 0 Å². The van der Waals surface area contributed by atoms with E-state index >= 15 is 0 Å². The molecule has 0 bridgehead atoms. The van der Waals surface area contributed by atoms with Crippen LogP contribution in [0.2, 0.25) is 0 Å². The van der Waals surface area contributed by atoms with Crippen molar-refractivity contribution >= 4 is 16.8 Å². The summed E-state index contributed by atoms with van der Waals surface area (Å²) in [5.74, 6) is -0.440. The molecule has 1 rings (SSSR count). The largest absolute Gasteiger partial charge is 0.466 e. The van der Waals surface area contributed by atoms with Crippen molar-refractivity contribution in [3.63, 3.8) is 0 Å². The smallest absolute Gasteiger partial charge is 0.333 e. The zero-order valence-electron chi connectivity index (χ0n) is 12.5. The number of methoxy groups -OCH3 is 1. The Balaban J connectivity index is 3.00. The van der Waals surface area contributed by atoms with Gasteiger partial charge in [-0.15, -0.1) is 0 Å². The summed E-state index contributed by atoms with van der Waals surface area (Å²) in [5.41, 5.74) is 0.147. The SMILES string of the molecule is C=C(C[C@H](S(=O)c1ccccc1)C(C)(C)C)C(=O)OC. The van der Waals surface area contributed by atoms with Gasteiger partial charge in [0.2, 0.25) is 0 Å². The molecule has 4 heteroatoms. The number of ether oxygens (including phenoxy) is 1. The molecule has 0 aliphatic heterocycles. The van der Waals surface area contributed by atoms with E-state index in [-0.39, 0.29) is 10.7 Å². The minimum Gasteiger partial charge on any atom is -0.466 e. The lowest BCUT2D eigenvalue weighted by Crippen LogP contribution is -2.32. The van der Waals surface area contributed by atoms with E-state index in [1.807, 2.05) is 51.1 Å². The minimum absolute atomic E-state index is 0.198. The zero-order valence-corrected chi connectivity index (χ0v) is 13.3. The van der Waals surface area contributed by atoms with E-state index in [2.05, 4.69) is 11.3 Å². The fourth-order valence-corrected chi connectivity index (χ4v) is 3.62. The van der Waals surface area contributed by atoms with Gasteiger partial charge in [-0.1, -0.05) is 45.5 Å². The third kappa shape index (κ3) is 4.30. The second-order valence-corrected chi connectivity index (χ2v) is 7.40. The molecule has 0 aromatic heterocycles. The number of carbonyl (C=O) groups excluding carboxylic acids is 1. The van der Waals surface area contributed by atoms with Gasteiger partial charge in [0.15, 0.2) is 0 Å².